The first-order valence-electron chi connectivity index (χ1n) is 6.98. The molecule has 0 saturated heterocycles. The van der Waals surface area contributed by atoms with E-state index in [1.54, 1.807) is 23.1 Å². The average Bonchev–Trinajstić information content (AvgIpc) is 3.10. The minimum atomic E-state index is 0.793. The Hall–Kier alpha value is -1.44. The number of rotatable bonds is 6. The molecule has 0 fully saturated rings. The number of benzene rings is 1. The molecule has 0 aliphatic heterocycles. The Morgan fingerprint density at radius 2 is 2.09 bits per heavy atom. The second kappa shape index (κ2) is 7.21. The van der Waals surface area contributed by atoms with Gasteiger partial charge in [0.2, 0.25) is 0 Å². The molecule has 0 unspecified atom stereocenters. The average molecular weight is 349 g/mol. The first kappa shape index (κ1) is 15.5. The summed E-state index contributed by atoms with van der Waals surface area (Å²) in [4.78, 5) is 0. The van der Waals surface area contributed by atoms with Gasteiger partial charge in [0, 0.05) is 19.0 Å². The Bertz CT molecular complexity index is 788. The van der Waals surface area contributed by atoms with E-state index in [1.165, 1.54) is 5.56 Å². The standard InChI is InChI=1S/C15H16N4S3/c1-18-11-12(10-16-18)6-5-9-21-14-17-19(15(20)22-14)13-7-3-2-4-8-13/h2-4,7-8,10-11H,5-6,9H2,1H3. The summed E-state index contributed by atoms with van der Waals surface area (Å²) >= 11 is 8.75. The molecule has 3 rings (SSSR count). The second-order valence-corrected chi connectivity index (χ2v) is 7.82. The summed E-state index contributed by atoms with van der Waals surface area (Å²) in [6.07, 6.45) is 6.15. The Morgan fingerprint density at radius 1 is 1.27 bits per heavy atom. The predicted octanol–water partition coefficient (Wildman–Crippen LogP) is 4.12. The van der Waals surface area contributed by atoms with Crippen molar-refractivity contribution < 1.29 is 0 Å². The fourth-order valence-electron chi connectivity index (χ4n) is 2.09. The van der Waals surface area contributed by atoms with Gasteiger partial charge in [-0.3, -0.25) is 4.68 Å². The number of para-hydroxylation sites is 1. The van der Waals surface area contributed by atoms with Crippen LogP contribution in [0.4, 0.5) is 0 Å². The third-order valence-corrected chi connectivity index (χ3v) is 5.58. The smallest absolute Gasteiger partial charge is 0.184 e. The minimum Gasteiger partial charge on any atom is -0.276 e. The van der Waals surface area contributed by atoms with Crippen LogP contribution in [0.2, 0.25) is 0 Å². The first-order chi connectivity index (χ1) is 10.7. The quantitative estimate of drug-likeness (QED) is 0.381. The molecule has 2 heterocycles. The molecule has 3 aromatic rings. The van der Waals surface area contributed by atoms with Gasteiger partial charge in [0.25, 0.3) is 0 Å². The predicted molar refractivity (Wildman–Crippen MR) is 94.5 cm³/mol. The fourth-order valence-corrected chi connectivity index (χ4v) is 4.46. The van der Waals surface area contributed by atoms with Crippen LogP contribution in [0.5, 0.6) is 0 Å². The SMILES string of the molecule is Cn1cc(CCCSc2nn(-c3ccccc3)c(=S)s2)cn1. The molecule has 0 N–H and O–H groups in total. The van der Waals surface area contributed by atoms with Crippen molar-refractivity contribution in [2.75, 3.05) is 5.75 Å². The van der Waals surface area contributed by atoms with Gasteiger partial charge in [0.1, 0.15) is 0 Å². The lowest BCUT2D eigenvalue weighted by atomic mass is 10.2. The van der Waals surface area contributed by atoms with Gasteiger partial charge >= 0.3 is 0 Å². The molecule has 0 radical (unpaired) electrons. The Labute approximate surface area is 142 Å². The normalized spacial score (nSPS) is 11.0. The molecule has 114 valence electrons. The molecule has 2 aromatic heterocycles. The summed E-state index contributed by atoms with van der Waals surface area (Å²) in [7, 11) is 1.95. The molecular formula is C15H16N4S3. The molecule has 0 aliphatic rings. The lowest BCUT2D eigenvalue weighted by Crippen LogP contribution is -1.95. The number of nitrogens with zero attached hydrogens (tertiary/aromatic N) is 4. The van der Waals surface area contributed by atoms with Crippen LogP contribution in [0.1, 0.15) is 12.0 Å². The highest BCUT2D eigenvalue weighted by Gasteiger charge is 2.06. The number of hydrogen-bond acceptors (Lipinski definition) is 5. The van der Waals surface area contributed by atoms with Crippen LogP contribution in [-0.2, 0) is 13.5 Å². The second-order valence-electron chi connectivity index (χ2n) is 4.86. The van der Waals surface area contributed by atoms with E-state index < -0.39 is 0 Å². The molecular weight excluding hydrogens is 332 g/mol. The molecule has 0 amide bonds. The molecule has 0 atom stereocenters. The van der Waals surface area contributed by atoms with E-state index in [1.807, 2.05) is 52.9 Å². The van der Waals surface area contributed by atoms with Crippen molar-refractivity contribution in [2.45, 2.75) is 17.2 Å². The van der Waals surface area contributed by atoms with Gasteiger partial charge in [-0.05, 0) is 42.8 Å². The zero-order valence-electron chi connectivity index (χ0n) is 12.2. The zero-order valence-corrected chi connectivity index (χ0v) is 14.6. The van der Waals surface area contributed by atoms with E-state index in [9.17, 15) is 0 Å². The third kappa shape index (κ3) is 3.85. The largest absolute Gasteiger partial charge is 0.276 e. The van der Waals surface area contributed by atoms with Crippen molar-refractivity contribution in [2.24, 2.45) is 7.05 Å². The Balaban J connectivity index is 1.56. The zero-order chi connectivity index (χ0) is 15.4. The highest BCUT2D eigenvalue weighted by atomic mass is 32.2. The lowest BCUT2D eigenvalue weighted by molar-refractivity contribution is 0.766. The number of aromatic nitrogens is 4. The third-order valence-electron chi connectivity index (χ3n) is 3.12. The Kier molecular flexibility index (Phi) is 5.07. The molecule has 4 nitrogen and oxygen atoms in total. The van der Waals surface area contributed by atoms with E-state index in [4.69, 9.17) is 12.2 Å². The van der Waals surface area contributed by atoms with Crippen LogP contribution in [0.15, 0.2) is 47.1 Å². The fraction of sp³-hybridized carbons (Fsp3) is 0.267. The molecule has 7 heteroatoms. The van der Waals surface area contributed by atoms with Crippen molar-refractivity contribution in [3.8, 4) is 5.69 Å². The van der Waals surface area contributed by atoms with Gasteiger partial charge in [0.05, 0.1) is 11.9 Å². The molecule has 0 spiro atoms. The summed E-state index contributed by atoms with van der Waals surface area (Å²) in [5.74, 6) is 1.03. The summed E-state index contributed by atoms with van der Waals surface area (Å²) in [5, 5.41) is 8.79. The summed E-state index contributed by atoms with van der Waals surface area (Å²) < 4.78 is 5.50. The highest BCUT2D eigenvalue weighted by molar-refractivity contribution is 8.01. The number of thioether (sulfide) groups is 1. The van der Waals surface area contributed by atoms with E-state index >= 15 is 0 Å². The van der Waals surface area contributed by atoms with Gasteiger partial charge in [-0.2, -0.15) is 5.10 Å². The van der Waals surface area contributed by atoms with Crippen LogP contribution in [0.25, 0.3) is 5.69 Å². The van der Waals surface area contributed by atoms with Gasteiger partial charge in [-0.15, -0.1) is 5.10 Å². The van der Waals surface area contributed by atoms with Crippen molar-refractivity contribution in [1.82, 2.24) is 19.6 Å². The van der Waals surface area contributed by atoms with E-state index in [0.29, 0.717) is 0 Å². The monoisotopic (exact) mass is 348 g/mol. The van der Waals surface area contributed by atoms with Gasteiger partial charge < -0.3 is 0 Å². The maximum Gasteiger partial charge on any atom is 0.184 e. The molecule has 0 saturated carbocycles. The molecule has 0 bridgehead atoms. The van der Waals surface area contributed by atoms with Crippen LogP contribution >= 0.6 is 35.3 Å². The maximum atomic E-state index is 5.41. The van der Waals surface area contributed by atoms with Gasteiger partial charge in [-0.1, -0.05) is 41.3 Å². The topological polar surface area (TPSA) is 35.6 Å². The number of hydrogen-bond donors (Lipinski definition) is 0. The van der Waals surface area contributed by atoms with Crippen LogP contribution in [-0.4, -0.2) is 25.3 Å². The first-order valence-corrected chi connectivity index (χ1v) is 9.19. The lowest BCUT2D eigenvalue weighted by Gasteiger charge is -1.99. The molecule has 0 aliphatic carbocycles. The number of aryl methyl sites for hydroxylation is 2. The Morgan fingerprint density at radius 3 is 2.82 bits per heavy atom. The summed E-state index contributed by atoms with van der Waals surface area (Å²) in [6, 6.07) is 10.0. The van der Waals surface area contributed by atoms with E-state index in [0.717, 1.165) is 32.6 Å². The van der Waals surface area contributed by atoms with Crippen LogP contribution < -0.4 is 0 Å². The van der Waals surface area contributed by atoms with Crippen molar-refractivity contribution in [1.29, 1.82) is 0 Å². The summed E-state index contributed by atoms with van der Waals surface area (Å²) in [6.45, 7) is 0. The van der Waals surface area contributed by atoms with Gasteiger partial charge in [-0.25, -0.2) is 4.68 Å². The van der Waals surface area contributed by atoms with Crippen LogP contribution in [0, 0.1) is 3.95 Å². The van der Waals surface area contributed by atoms with E-state index in [-0.39, 0.29) is 0 Å². The maximum absolute atomic E-state index is 5.41. The van der Waals surface area contributed by atoms with Gasteiger partial charge in [0.15, 0.2) is 8.29 Å². The van der Waals surface area contributed by atoms with Crippen molar-refractivity contribution in [3.63, 3.8) is 0 Å². The molecule has 22 heavy (non-hydrogen) atoms. The highest BCUT2D eigenvalue weighted by Crippen LogP contribution is 2.24. The minimum absolute atomic E-state index is 0.793. The molecule has 1 aromatic carbocycles. The van der Waals surface area contributed by atoms with Crippen molar-refractivity contribution in [3.05, 3.63) is 52.2 Å². The summed E-state index contributed by atoms with van der Waals surface area (Å²) in [5.41, 5.74) is 2.30. The van der Waals surface area contributed by atoms with E-state index in [2.05, 4.69) is 16.4 Å². The van der Waals surface area contributed by atoms with Crippen LogP contribution in [0.3, 0.4) is 0 Å². The van der Waals surface area contributed by atoms with Crippen molar-refractivity contribution >= 4 is 35.3 Å².